The fourth-order valence-corrected chi connectivity index (χ4v) is 8.54. The average Bonchev–Trinajstić information content (AvgIpc) is 3.50. The van der Waals surface area contributed by atoms with Gasteiger partial charge >= 0.3 is 6.03 Å². The number of urea groups is 1. The molecule has 0 radical (unpaired) electrons. The summed E-state index contributed by atoms with van der Waals surface area (Å²) in [4.78, 5) is 51.3. The van der Waals surface area contributed by atoms with E-state index in [1.807, 2.05) is 39.1 Å². The molecule has 4 aliphatic rings. The molecule has 1 aromatic heterocycles. The monoisotopic (exact) mass is 655 g/mol. The Kier molecular flexibility index (Phi) is 9.89. The number of halogens is 1. The first-order valence-corrected chi connectivity index (χ1v) is 17.6. The molecule has 0 bridgehead atoms. The van der Waals surface area contributed by atoms with Crippen molar-refractivity contribution in [2.24, 2.45) is 5.92 Å². The van der Waals surface area contributed by atoms with Gasteiger partial charge in [0.25, 0.3) is 0 Å². The summed E-state index contributed by atoms with van der Waals surface area (Å²) in [6.45, 7) is 9.04. The van der Waals surface area contributed by atoms with Gasteiger partial charge in [0.2, 0.25) is 11.8 Å². The van der Waals surface area contributed by atoms with Crippen LogP contribution in [0.2, 0.25) is 5.02 Å². The molecule has 4 amide bonds. The predicted molar refractivity (Wildman–Crippen MR) is 180 cm³/mol. The quantitative estimate of drug-likeness (QED) is 0.435. The number of likely N-dealkylation sites (tertiary alicyclic amines) is 2. The molecule has 3 N–H and O–H groups in total. The minimum Gasteiger partial charge on any atom is -0.397 e. The number of benzene rings is 1. The van der Waals surface area contributed by atoms with Crippen molar-refractivity contribution in [3.05, 3.63) is 45.3 Å². The predicted octanol–water partition coefficient (Wildman–Crippen LogP) is 4.12. The number of carbonyl (C=O) groups is 3. The van der Waals surface area contributed by atoms with Crippen molar-refractivity contribution in [2.75, 3.05) is 70.5 Å². The van der Waals surface area contributed by atoms with Gasteiger partial charge in [0.1, 0.15) is 5.00 Å². The molecule has 2 aromatic rings. The van der Waals surface area contributed by atoms with Gasteiger partial charge in [0, 0.05) is 63.3 Å². The van der Waals surface area contributed by atoms with Gasteiger partial charge in [-0.3, -0.25) is 19.8 Å². The van der Waals surface area contributed by atoms with E-state index in [4.69, 9.17) is 17.3 Å². The van der Waals surface area contributed by atoms with E-state index in [2.05, 4.69) is 28.2 Å². The van der Waals surface area contributed by atoms with Crippen LogP contribution in [0.1, 0.15) is 48.8 Å². The minimum absolute atomic E-state index is 0.00163. The number of carbonyl (C=O) groups excluding carboxylic acids is 3. The number of hydrogen-bond acceptors (Lipinski definition) is 7. The molecule has 10 nitrogen and oxygen atoms in total. The highest BCUT2D eigenvalue weighted by atomic mass is 35.5. The average molecular weight is 656 g/mol. The highest BCUT2D eigenvalue weighted by molar-refractivity contribution is 7.14. The van der Waals surface area contributed by atoms with Crippen LogP contribution in [-0.4, -0.2) is 114 Å². The van der Waals surface area contributed by atoms with E-state index >= 15 is 0 Å². The molecule has 4 aliphatic heterocycles. The van der Waals surface area contributed by atoms with Crippen LogP contribution in [0.15, 0.2) is 23.6 Å². The first-order chi connectivity index (χ1) is 21.7. The third kappa shape index (κ3) is 7.26. The van der Waals surface area contributed by atoms with Crippen molar-refractivity contribution in [1.82, 2.24) is 24.5 Å². The molecule has 5 heterocycles. The molecule has 3 saturated heterocycles. The summed E-state index contributed by atoms with van der Waals surface area (Å²) in [5.41, 5.74) is 9.59. The number of fused-ring (bicyclic) bond motifs is 1. The molecule has 3 fully saturated rings. The highest BCUT2D eigenvalue weighted by Gasteiger charge is 2.36. The van der Waals surface area contributed by atoms with E-state index in [-0.39, 0.29) is 30.3 Å². The maximum Gasteiger partial charge on any atom is 0.323 e. The number of nitrogens with one attached hydrogen (secondary N) is 1. The van der Waals surface area contributed by atoms with E-state index in [1.165, 1.54) is 12.8 Å². The number of amides is 4. The van der Waals surface area contributed by atoms with Crippen LogP contribution in [0.4, 0.5) is 15.5 Å². The molecule has 0 saturated carbocycles. The Labute approximate surface area is 275 Å². The number of anilines is 2. The maximum absolute atomic E-state index is 14.1. The van der Waals surface area contributed by atoms with Gasteiger partial charge in [-0.15, -0.1) is 11.3 Å². The van der Waals surface area contributed by atoms with E-state index < -0.39 is 5.92 Å². The van der Waals surface area contributed by atoms with Crippen molar-refractivity contribution < 1.29 is 14.4 Å². The van der Waals surface area contributed by atoms with E-state index in [0.717, 1.165) is 60.7 Å². The van der Waals surface area contributed by atoms with E-state index in [1.54, 1.807) is 11.3 Å². The fourth-order valence-electron chi connectivity index (χ4n) is 7.46. The van der Waals surface area contributed by atoms with Gasteiger partial charge in [-0.1, -0.05) is 17.7 Å². The summed E-state index contributed by atoms with van der Waals surface area (Å²) in [7, 11) is 2.18. The van der Waals surface area contributed by atoms with Crippen LogP contribution in [0.3, 0.4) is 0 Å². The Morgan fingerprint density at radius 1 is 1.00 bits per heavy atom. The Bertz CT molecular complexity index is 1370. The Morgan fingerprint density at radius 3 is 2.38 bits per heavy atom. The molecule has 12 heteroatoms. The second-order valence-electron chi connectivity index (χ2n) is 13.3. The lowest BCUT2D eigenvalue weighted by Gasteiger charge is -2.43. The second-order valence-corrected chi connectivity index (χ2v) is 14.6. The number of rotatable bonds is 7. The molecule has 0 spiro atoms. The first kappa shape index (κ1) is 32.1. The van der Waals surface area contributed by atoms with Gasteiger partial charge in [-0.25, -0.2) is 4.79 Å². The number of nitrogens with zero attached hydrogens (tertiary/aromatic N) is 5. The van der Waals surface area contributed by atoms with Crippen LogP contribution in [-0.2, 0) is 22.6 Å². The fraction of sp³-hybridized carbons (Fsp3) is 0.606. The van der Waals surface area contributed by atoms with Gasteiger partial charge in [0.15, 0.2) is 0 Å². The van der Waals surface area contributed by atoms with E-state index in [9.17, 15) is 14.4 Å². The molecule has 0 aliphatic carbocycles. The number of piperidine rings is 2. The van der Waals surface area contributed by atoms with Crippen LogP contribution < -0.4 is 11.1 Å². The molecule has 6 rings (SSSR count). The zero-order valence-corrected chi connectivity index (χ0v) is 28.0. The van der Waals surface area contributed by atoms with Crippen molar-refractivity contribution in [3.8, 4) is 0 Å². The molecule has 1 aromatic carbocycles. The lowest BCUT2D eigenvalue weighted by Crippen LogP contribution is -2.55. The van der Waals surface area contributed by atoms with Crippen molar-refractivity contribution in [3.63, 3.8) is 0 Å². The van der Waals surface area contributed by atoms with Gasteiger partial charge in [0.05, 0.1) is 23.2 Å². The summed E-state index contributed by atoms with van der Waals surface area (Å²) in [6.07, 6.45) is 4.39. The number of aryl methyl sites for hydroxylation is 1. The molecular weight excluding hydrogens is 610 g/mol. The Hall–Kier alpha value is -2.86. The molecule has 45 heavy (non-hydrogen) atoms. The lowest BCUT2D eigenvalue weighted by molar-refractivity contribution is -0.143. The zero-order chi connectivity index (χ0) is 31.7. The topological polar surface area (TPSA) is 105 Å². The normalized spacial score (nSPS) is 21.5. The molecular formula is C33H46ClN7O3S. The van der Waals surface area contributed by atoms with Crippen molar-refractivity contribution in [1.29, 1.82) is 0 Å². The number of thiophene rings is 1. The SMILES string of the molecule is Cc1cc(C[C@@H](CC(=O)N2CCC(N3Cc4ccsc4NC3=O)CC2)C(=O)N2CCN(C3CCN(C)CC3)CC2)cc(Cl)c1N. The number of piperazine rings is 1. The summed E-state index contributed by atoms with van der Waals surface area (Å²) in [5.74, 6) is -0.435. The minimum atomic E-state index is -0.478. The summed E-state index contributed by atoms with van der Waals surface area (Å²) in [5, 5.41) is 6.42. The number of nitrogens with two attached hydrogens (primary N) is 1. The largest absolute Gasteiger partial charge is 0.397 e. The maximum atomic E-state index is 14.1. The van der Waals surface area contributed by atoms with Crippen LogP contribution in [0, 0.1) is 12.8 Å². The zero-order valence-electron chi connectivity index (χ0n) is 26.5. The summed E-state index contributed by atoms with van der Waals surface area (Å²) in [6, 6.07) is 6.49. The third-order valence-electron chi connectivity index (χ3n) is 10.3. The smallest absolute Gasteiger partial charge is 0.323 e. The lowest BCUT2D eigenvalue weighted by atomic mass is 9.92. The Balaban J connectivity index is 1.09. The van der Waals surface area contributed by atoms with Gasteiger partial charge in [-0.05, 0) is 87.8 Å². The third-order valence-corrected chi connectivity index (χ3v) is 11.5. The van der Waals surface area contributed by atoms with Crippen LogP contribution in [0.25, 0.3) is 0 Å². The Morgan fingerprint density at radius 2 is 1.69 bits per heavy atom. The van der Waals surface area contributed by atoms with Crippen molar-refractivity contribution in [2.45, 2.75) is 64.1 Å². The van der Waals surface area contributed by atoms with Gasteiger partial charge < -0.3 is 25.3 Å². The second kappa shape index (κ2) is 13.9. The van der Waals surface area contributed by atoms with Crippen LogP contribution in [0.5, 0.6) is 0 Å². The summed E-state index contributed by atoms with van der Waals surface area (Å²) < 4.78 is 0. The summed E-state index contributed by atoms with van der Waals surface area (Å²) >= 11 is 7.98. The van der Waals surface area contributed by atoms with Gasteiger partial charge in [-0.2, -0.15) is 0 Å². The first-order valence-electron chi connectivity index (χ1n) is 16.3. The van der Waals surface area contributed by atoms with E-state index in [0.29, 0.717) is 55.9 Å². The standard InChI is InChI=1S/C33H46ClN7O3S/c1-22-17-23(19-28(34)30(22)35)18-25(32(43)40-14-12-38(13-15-40)26-3-8-37(2)9-4-26)20-29(42)39-10-5-27(6-11-39)41-21-24-7-16-45-31(24)36-33(41)44/h7,16-17,19,25-27H,3-6,8-15,18,20-21,35H2,1-2H3,(H,36,44)/t25-/m0/s1. The molecule has 244 valence electrons. The number of nitrogen functional groups attached to an aromatic ring is 1. The molecule has 1 atom stereocenters. The molecule has 0 unspecified atom stereocenters. The number of hydrogen-bond donors (Lipinski definition) is 2. The van der Waals surface area contributed by atoms with Crippen LogP contribution >= 0.6 is 22.9 Å². The highest BCUT2D eigenvalue weighted by Crippen LogP contribution is 2.32. The van der Waals surface area contributed by atoms with Crippen molar-refractivity contribution >= 4 is 51.5 Å².